The first-order valence-corrected chi connectivity index (χ1v) is 5.06. The van der Waals surface area contributed by atoms with E-state index in [1.54, 1.807) is 0 Å². The van der Waals surface area contributed by atoms with Crippen molar-refractivity contribution in [3.63, 3.8) is 0 Å². The van der Waals surface area contributed by atoms with Gasteiger partial charge in [-0.25, -0.2) is 0 Å². The van der Waals surface area contributed by atoms with Crippen LogP contribution < -0.4 is 0 Å². The second-order valence-corrected chi connectivity index (χ2v) is 4.77. The SMILES string of the molecule is CC(C)CN1CC2CC1C2C(=O)O. The molecule has 0 radical (unpaired) electrons. The molecule has 1 N–H and O–H groups in total. The number of nitrogens with zero attached hydrogens (tertiary/aromatic N) is 1. The molecule has 3 aliphatic rings. The monoisotopic (exact) mass is 183 g/mol. The highest BCUT2D eigenvalue weighted by atomic mass is 16.4. The Morgan fingerprint density at radius 2 is 2.31 bits per heavy atom. The predicted octanol–water partition coefficient (Wildman–Crippen LogP) is 1.05. The molecule has 0 aromatic carbocycles. The Morgan fingerprint density at radius 1 is 1.62 bits per heavy atom. The van der Waals surface area contributed by atoms with E-state index in [1.807, 2.05) is 0 Å². The van der Waals surface area contributed by atoms with Crippen LogP contribution in [0, 0.1) is 17.8 Å². The van der Waals surface area contributed by atoms with Gasteiger partial charge in [-0.15, -0.1) is 0 Å². The van der Waals surface area contributed by atoms with Crippen LogP contribution in [0.1, 0.15) is 20.3 Å². The van der Waals surface area contributed by atoms with Gasteiger partial charge in [-0.2, -0.15) is 0 Å². The third-order valence-corrected chi connectivity index (χ3v) is 3.29. The lowest BCUT2D eigenvalue weighted by molar-refractivity contribution is -0.147. The molecule has 3 heteroatoms. The Balaban J connectivity index is 1.95. The molecule has 3 unspecified atom stereocenters. The summed E-state index contributed by atoms with van der Waals surface area (Å²) in [7, 11) is 0. The van der Waals surface area contributed by atoms with Gasteiger partial charge in [-0.3, -0.25) is 9.69 Å². The third kappa shape index (κ3) is 1.35. The highest BCUT2D eigenvalue weighted by Crippen LogP contribution is 2.46. The van der Waals surface area contributed by atoms with Crippen LogP contribution in [0.25, 0.3) is 0 Å². The number of fused-ring (bicyclic) bond motifs is 1. The molecule has 3 atom stereocenters. The summed E-state index contributed by atoms with van der Waals surface area (Å²) in [5, 5.41) is 8.94. The van der Waals surface area contributed by atoms with Gasteiger partial charge in [-0.05, 0) is 18.3 Å². The van der Waals surface area contributed by atoms with Gasteiger partial charge in [0.1, 0.15) is 0 Å². The molecule has 0 spiro atoms. The van der Waals surface area contributed by atoms with Crippen molar-refractivity contribution in [3.8, 4) is 0 Å². The molecule has 2 saturated heterocycles. The number of rotatable bonds is 3. The molecule has 3 nitrogen and oxygen atoms in total. The molecular formula is C10H17NO2. The average molecular weight is 183 g/mol. The highest BCUT2D eigenvalue weighted by molar-refractivity contribution is 5.73. The normalized spacial score (nSPS) is 37.9. The summed E-state index contributed by atoms with van der Waals surface area (Å²) < 4.78 is 0. The van der Waals surface area contributed by atoms with Crippen molar-refractivity contribution in [1.82, 2.24) is 4.90 Å². The zero-order valence-electron chi connectivity index (χ0n) is 8.23. The third-order valence-electron chi connectivity index (χ3n) is 3.29. The van der Waals surface area contributed by atoms with E-state index in [0.717, 1.165) is 19.5 Å². The maximum Gasteiger partial charge on any atom is 0.308 e. The Morgan fingerprint density at radius 3 is 2.77 bits per heavy atom. The van der Waals surface area contributed by atoms with E-state index in [1.165, 1.54) is 0 Å². The van der Waals surface area contributed by atoms with Crippen LogP contribution in [-0.2, 0) is 4.79 Å². The minimum atomic E-state index is -0.590. The lowest BCUT2D eigenvalue weighted by atomic mass is 9.74. The molecule has 74 valence electrons. The van der Waals surface area contributed by atoms with Crippen LogP contribution in [0.15, 0.2) is 0 Å². The second-order valence-electron chi connectivity index (χ2n) is 4.77. The molecule has 3 rings (SSSR count). The molecule has 0 amide bonds. The zero-order chi connectivity index (χ0) is 9.59. The Hall–Kier alpha value is -0.570. The van der Waals surface area contributed by atoms with Crippen molar-refractivity contribution in [2.75, 3.05) is 13.1 Å². The Kier molecular flexibility index (Phi) is 2.06. The van der Waals surface area contributed by atoms with E-state index < -0.39 is 5.97 Å². The molecule has 1 aliphatic carbocycles. The molecule has 3 fully saturated rings. The van der Waals surface area contributed by atoms with Gasteiger partial charge >= 0.3 is 5.97 Å². The lowest BCUT2D eigenvalue weighted by Gasteiger charge is -2.33. The van der Waals surface area contributed by atoms with Crippen LogP contribution in [-0.4, -0.2) is 35.1 Å². The van der Waals surface area contributed by atoms with Crippen molar-refractivity contribution in [2.24, 2.45) is 17.8 Å². The number of aliphatic carboxylic acids is 1. The van der Waals surface area contributed by atoms with E-state index in [9.17, 15) is 4.79 Å². The highest BCUT2D eigenvalue weighted by Gasteiger charge is 2.55. The fourth-order valence-corrected chi connectivity index (χ4v) is 2.77. The van der Waals surface area contributed by atoms with E-state index in [4.69, 9.17) is 5.11 Å². The number of hydrogen-bond donors (Lipinski definition) is 1. The summed E-state index contributed by atoms with van der Waals surface area (Å²) in [4.78, 5) is 13.2. The standard InChI is InChI=1S/C10H17NO2/c1-6(2)4-11-5-7-3-8(11)9(7)10(12)13/h6-9H,3-5H2,1-2H3,(H,12,13). The fourth-order valence-electron chi connectivity index (χ4n) is 2.77. The second kappa shape index (κ2) is 2.98. The van der Waals surface area contributed by atoms with Crippen molar-refractivity contribution >= 4 is 5.97 Å². The Bertz CT molecular complexity index is 227. The fraction of sp³-hybridized carbons (Fsp3) is 0.900. The number of carboxylic acid groups (broad SMARTS) is 1. The van der Waals surface area contributed by atoms with Crippen LogP contribution in [0.4, 0.5) is 0 Å². The lowest BCUT2D eigenvalue weighted by Crippen LogP contribution is -2.44. The smallest absolute Gasteiger partial charge is 0.308 e. The average Bonchev–Trinajstić information content (AvgIpc) is 2.39. The van der Waals surface area contributed by atoms with Crippen LogP contribution in [0.5, 0.6) is 0 Å². The maximum absolute atomic E-state index is 10.8. The molecular weight excluding hydrogens is 166 g/mol. The summed E-state index contributed by atoms with van der Waals surface area (Å²) in [5.41, 5.74) is 0. The first-order chi connectivity index (χ1) is 6.09. The van der Waals surface area contributed by atoms with E-state index in [2.05, 4.69) is 18.7 Å². The molecule has 0 aromatic heterocycles. The van der Waals surface area contributed by atoms with Crippen LogP contribution in [0.3, 0.4) is 0 Å². The van der Waals surface area contributed by atoms with Crippen LogP contribution in [0.2, 0.25) is 0 Å². The topological polar surface area (TPSA) is 40.5 Å². The van der Waals surface area contributed by atoms with Crippen LogP contribution >= 0.6 is 0 Å². The minimum Gasteiger partial charge on any atom is -0.481 e. The van der Waals surface area contributed by atoms with E-state index in [-0.39, 0.29) is 5.92 Å². The summed E-state index contributed by atoms with van der Waals surface area (Å²) in [6.07, 6.45) is 1.11. The number of carbonyl (C=O) groups is 1. The van der Waals surface area contributed by atoms with Gasteiger partial charge in [0.25, 0.3) is 0 Å². The molecule has 2 heterocycles. The van der Waals surface area contributed by atoms with Gasteiger partial charge < -0.3 is 5.11 Å². The van der Waals surface area contributed by atoms with Crippen molar-refractivity contribution < 1.29 is 9.90 Å². The van der Waals surface area contributed by atoms with Crippen molar-refractivity contribution in [1.29, 1.82) is 0 Å². The minimum absolute atomic E-state index is 0.0567. The molecule has 13 heavy (non-hydrogen) atoms. The molecule has 1 saturated carbocycles. The summed E-state index contributed by atoms with van der Waals surface area (Å²) >= 11 is 0. The van der Waals surface area contributed by atoms with Gasteiger partial charge in [0, 0.05) is 19.1 Å². The summed E-state index contributed by atoms with van der Waals surface area (Å²) in [6, 6.07) is 0.352. The van der Waals surface area contributed by atoms with Gasteiger partial charge in [0.15, 0.2) is 0 Å². The van der Waals surface area contributed by atoms with Crippen molar-refractivity contribution in [3.05, 3.63) is 0 Å². The predicted molar refractivity (Wildman–Crippen MR) is 49.4 cm³/mol. The quantitative estimate of drug-likeness (QED) is 0.711. The number of carboxylic acids is 1. The molecule has 0 aromatic rings. The van der Waals surface area contributed by atoms with Gasteiger partial charge in [-0.1, -0.05) is 13.8 Å². The first-order valence-electron chi connectivity index (χ1n) is 5.06. The first kappa shape index (κ1) is 9.00. The summed E-state index contributed by atoms with van der Waals surface area (Å²) in [5.74, 6) is 0.446. The van der Waals surface area contributed by atoms with E-state index >= 15 is 0 Å². The van der Waals surface area contributed by atoms with Gasteiger partial charge in [0.2, 0.25) is 0 Å². The zero-order valence-corrected chi connectivity index (χ0v) is 8.23. The largest absolute Gasteiger partial charge is 0.481 e. The molecule has 2 bridgehead atoms. The maximum atomic E-state index is 10.8. The van der Waals surface area contributed by atoms with Crippen molar-refractivity contribution in [2.45, 2.75) is 26.3 Å². The van der Waals surface area contributed by atoms with Gasteiger partial charge in [0.05, 0.1) is 5.92 Å². The summed E-state index contributed by atoms with van der Waals surface area (Å²) in [6.45, 7) is 6.45. The number of hydrogen-bond acceptors (Lipinski definition) is 2. The van der Waals surface area contributed by atoms with E-state index in [0.29, 0.717) is 17.9 Å². The Labute approximate surface area is 78.7 Å². The molecule has 2 aliphatic heterocycles.